The third kappa shape index (κ3) is 34.0. The van der Waals surface area contributed by atoms with Gasteiger partial charge >= 0.3 is 35.4 Å². The van der Waals surface area contributed by atoms with Crippen molar-refractivity contribution >= 4 is 35.4 Å². The average molecular weight is 1030 g/mol. The number of aliphatic hydroxyl groups excluding tert-OH is 3. The van der Waals surface area contributed by atoms with Gasteiger partial charge in [-0.25, -0.2) is 13.7 Å². The maximum Gasteiger partial charge on any atom is 0.472 e. The Labute approximate surface area is 399 Å². The summed E-state index contributed by atoms with van der Waals surface area (Å²) in [5.74, 6) is -1.30. The highest BCUT2D eigenvalue weighted by Gasteiger charge is 2.56. The molecule has 1 rings (SSSR count). The largest absolute Gasteiger partial charge is 0.472 e. The molecule has 8 N–H and O–H groups in total. The standard InChI is InChI=1S/C45H87O19P3/c1-3-5-7-9-11-13-15-17-19-21-23-25-27-29-31-33-38(46)59-35-37(61-39(47)34-32-30-28-26-24-22-20-18-16-14-12-10-8-6-4-2)36-60-67(57,58)64-43-40(48)41(49)44(62-65(51,52)53)45(42(43)50)63-66(54,55)56/h18,20,37,40-45,48-50H,3-17,19,21-36H2,1-2H3,(H,57,58)(H2,51,52,53)(H2,54,55,56)/t37-,40?,41?,42?,43+,44?,45+/m1/s1. The molecule has 0 spiro atoms. The van der Waals surface area contributed by atoms with Crippen LogP contribution in [0.15, 0.2) is 12.2 Å². The molecule has 19 nitrogen and oxygen atoms in total. The number of carbonyl (C=O) groups excluding carboxylic acids is 2. The second-order valence-electron chi connectivity index (χ2n) is 17.8. The lowest BCUT2D eigenvalue weighted by Crippen LogP contribution is -2.65. The van der Waals surface area contributed by atoms with Crippen LogP contribution in [-0.2, 0) is 50.9 Å². The van der Waals surface area contributed by atoms with Crippen molar-refractivity contribution in [2.45, 2.75) is 249 Å². The Morgan fingerprint density at radius 3 is 1.24 bits per heavy atom. The predicted molar refractivity (Wildman–Crippen MR) is 252 cm³/mol. The molecule has 1 aliphatic carbocycles. The SMILES string of the molecule is CCCCCCCCC=CCCCCCCCC(=O)O[C@H](COC(=O)CCCCCCCCCCCCCCCCC)COP(=O)(O)O[C@H]1C(O)C(O)C(OP(=O)(O)O)[C@@H](OP(=O)(O)O)C1O. The summed E-state index contributed by atoms with van der Waals surface area (Å²) in [5.41, 5.74) is 0. The molecule has 8 atom stereocenters. The summed E-state index contributed by atoms with van der Waals surface area (Å²) in [5, 5.41) is 31.9. The van der Waals surface area contributed by atoms with Crippen LogP contribution in [0.4, 0.5) is 0 Å². The van der Waals surface area contributed by atoms with Crippen molar-refractivity contribution in [1.29, 1.82) is 0 Å². The first-order chi connectivity index (χ1) is 31.8. The molecule has 0 aromatic heterocycles. The lowest BCUT2D eigenvalue weighted by molar-refractivity contribution is -0.213. The number of aliphatic hydroxyl groups is 3. The first-order valence-corrected chi connectivity index (χ1v) is 29.5. The van der Waals surface area contributed by atoms with E-state index in [1.165, 1.54) is 103 Å². The number of esters is 2. The normalized spacial score (nSPS) is 21.6. The van der Waals surface area contributed by atoms with Gasteiger partial charge in [0.05, 0.1) is 6.61 Å². The Morgan fingerprint density at radius 2 is 0.821 bits per heavy atom. The highest BCUT2D eigenvalue weighted by Crippen LogP contribution is 2.51. The molecule has 22 heteroatoms. The van der Waals surface area contributed by atoms with E-state index in [0.29, 0.717) is 12.8 Å². The van der Waals surface area contributed by atoms with Crippen molar-refractivity contribution in [1.82, 2.24) is 0 Å². The molecule has 0 heterocycles. The van der Waals surface area contributed by atoms with Crippen LogP contribution in [0.2, 0.25) is 0 Å². The van der Waals surface area contributed by atoms with Crippen LogP contribution in [0.25, 0.3) is 0 Å². The summed E-state index contributed by atoms with van der Waals surface area (Å²) in [6.45, 7) is 2.95. The number of phosphoric ester groups is 3. The van der Waals surface area contributed by atoms with Gasteiger partial charge < -0.3 is 49.3 Å². The zero-order chi connectivity index (χ0) is 50.0. The molecule has 0 amide bonds. The maximum absolute atomic E-state index is 13.1. The summed E-state index contributed by atoms with van der Waals surface area (Å²) in [7, 11) is -16.6. The fraction of sp³-hybridized carbons (Fsp3) is 0.911. The minimum Gasteiger partial charge on any atom is -0.462 e. The van der Waals surface area contributed by atoms with E-state index in [2.05, 4.69) is 35.0 Å². The van der Waals surface area contributed by atoms with Crippen molar-refractivity contribution in [3.05, 3.63) is 12.2 Å². The molecule has 1 aliphatic rings. The van der Waals surface area contributed by atoms with E-state index < -0.39 is 91.3 Å². The first kappa shape index (κ1) is 63.9. The molecule has 0 aromatic rings. The van der Waals surface area contributed by atoms with E-state index in [-0.39, 0.29) is 12.8 Å². The number of hydrogen-bond acceptors (Lipinski definition) is 14. The van der Waals surface area contributed by atoms with Gasteiger partial charge in [-0.15, -0.1) is 0 Å². The van der Waals surface area contributed by atoms with Crippen LogP contribution in [-0.4, -0.2) is 108 Å². The molecule has 0 aliphatic heterocycles. The van der Waals surface area contributed by atoms with Crippen molar-refractivity contribution in [3.8, 4) is 0 Å². The van der Waals surface area contributed by atoms with Crippen molar-refractivity contribution < 1.29 is 90.6 Å². The van der Waals surface area contributed by atoms with Gasteiger partial charge in [0.2, 0.25) is 0 Å². The van der Waals surface area contributed by atoms with Crippen LogP contribution >= 0.6 is 23.5 Å². The number of rotatable bonds is 43. The molecular formula is C45H87O19P3. The van der Waals surface area contributed by atoms with Crippen molar-refractivity contribution in [3.63, 3.8) is 0 Å². The minimum absolute atomic E-state index is 0.00777. The van der Waals surface area contributed by atoms with E-state index in [9.17, 15) is 63.1 Å². The van der Waals surface area contributed by atoms with Gasteiger partial charge in [0.25, 0.3) is 0 Å². The molecule has 396 valence electrons. The van der Waals surface area contributed by atoms with E-state index in [4.69, 9.17) is 18.5 Å². The summed E-state index contributed by atoms with van der Waals surface area (Å²) in [4.78, 5) is 73.2. The zero-order valence-electron chi connectivity index (χ0n) is 40.2. The summed E-state index contributed by atoms with van der Waals surface area (Å²) >= 11 is 0. The number of carbonyl (C=O) groups is 2. The first-order valence-electron chi connectivity index (χ1n) is 25.0. The van der Waals surface area contributed by atoms with Crippen LogP contribution in [0.1, 0.15) is 206 Å². The Hall–Kier alpha value is -1.11. The average Bonchev–Trinajstić information content (AvgIpc) is 3.25. The zero-order valence-corrected chi connectivity index (χ0v) is 42.9. The number of phosphoric acid groups is 3. The van der Waals surface area contributed by atoms with Crippen LogP contribution in [0.5, 0.6) is 0 Å². The highest BCUT2D eigenvalue weighted by molar-refractivity contribution is 7.47. The van der Waals surface area contributed by atoms with Crippen LogP contribution in [0.3, 0.4) is 0 Å². The highest BCUT2D eigenvalue weighted by atomic mass is 31.2. The number of unbranched alkanes of at least 4 members (excludes halogenated alkanes) is 25. The van der Waals surface area contributed by atoms with E-state index in [1.54, 1.807) is 0 Å². The number of ether oxygens (including phenoxy) is 2. The Kier molecular flexibility index (Phi) is 35.9. The van der Waals surface area contributed by atoms with Crippen molar-refractivity contribution in [2.24, 2.45) is 0 Å². The smallest absolute Gasteiger partial charge is 0.462 e. The lowest BCUT2D eigenvalue weighted by atomic mass is 9.85. The summed E-state index contributed by atoms with van der Waals surface area (Å²) in [6, 6.07) is 0. The molecule has 0 radical (unpaired) electrons. The van der Waals surface area contributed by atoms with E-state index in [1.807, 2.05) is 0 Å². The summed E-state index contributed by atoms with van der Waals surface area (Å²) < 4.78 is 65.5. The van der Waals surface area contributed by atoms with E-state index in [0.717, 1.165) is 64.2 Å². The topological polar surface area (TPSA) is 303 Å². The Bertz CT molecular complexity index is 1460. The molecule has 5 unspecified atom stereocenters. The second kappa shape index (κ2) is 37.6. The Balaban J connectivity index is 2.71. The van der Waals surface area contributed by atoms with Gasteiger partial charge in [0.1, 0.15) is 43.2 Å². The minimum atomic E-state index is -5.60. The number of allylic oxidation sites excluding steroid dienone is 2. The third-order valence-corrected chi connectivity index (χ3v) is 13.6. The van der Waals surface area contributed by atoms with Crippen LogP contribution in [0, 0.1) is 0 Å². The fourth-order valence-corrected chi connectivity index (χ4v) is 9.91. The fourth-order valence-electron chi connectivity index (χ4n) is 7.81. The summed E-state index contributed by atoms with van der Waals surface area (Å²) in [6.07, 6.45) is 19.4. The van der Waals surface area contributed by atoms with Crippen molar-refractivity contribution in [2.75, 3.05) is 13.2 Å². The van der Waals surface area contributed by atoms with E-state index >= 15 is 0 Å². The molecule has 1 fully saturated rings. The molecule has 1 saturated carbocycles. The lowest BCUT2D eigenvalue weighted by Gasteiger charge is -2.44. The van der Waals surface area contributed by atoms with Gasteiger partial charge in [-0.05, 0) is 38.5 Å². The number of hydrogen-bond donors (Lipinski definition) is 8. The second-order valence-corrected chi connectivity index (χ2v) is 21.5. The van der Waals surface area contributed by atoms with Crippen LogP contribution < -0.4 is 0 Å². The monoisotopic (exact) mass is 1020 g/mol. The maximum atomic E-state index is 13.1. The predicted octanol–water partition coefficient (Wildman–Crippen LogP) is 9.29. The van der Waals surface area contributed by atoms with Gasteiger partial charge in [0.15, 0.2) is 6.10 Å². The molecule has 67 heavy (non-hydrogen) atoms. The van der Waals surface area contributed by atoms with Gasteiger partial charge in [-0.1, -0.05) is 167 Å². The molecular weight excluding hydrogens is 937 g/mol. The van der Waals surface area contributed by atoms with Gasteiger partial charge in [0, 0.05) is 12.8 Å². The Morgan fingerprint density at radius 1 is 0.463 bits per heavy atom. The molecule has 0 bridgehead atoms. The quantitative estimate of drug-likeness (QED) is 0.0122. The third-order valence-electron chi connectivity index (χ3n) is 11.6. The molecule has 0 aromatic carbocycles. The van der Waals surface area contributed by atoms with Gasteiger partial charge in [-0.2, -0.15) is 0 Å². The van der Waals surface area contributed by atoms with Gasteiger partial charge in [-0.3, -0.25) is 27.7 Å². The molecule has 0 saturated heterocycles.